The van der Waals surface area contributed by atoms with Crippen LogP contribution in [0, 0.1) is 19.8 Å². The van der Waals surface area contributed by atoms with E-state index in [-0.39, 0.29) is 17.9 Å². The average Bonchev–Trinajstić information content (AvgIpc) is 3.09. The second kappa shape index (κ2) is 9.25. The van der Waals surface area contributed by atoms with Gasteiger partial charge in [-0.25, -0.2) is 4.79 Å². The number of likely N-dealkylation sites (tertiary alicyclic amines) is 1. The number of aryl methyl sites for hydroxylation is 2. The number of benzene rings is 2. The summed E-state index contributed by atoms with van der Waals surface area (Å²) in [5.74, 6) is 0.423. The van der Waals surface area contributed by atoms with E-state index in [1.165, 1.54) is 0 Å². The van der Waals surface area contributed by atoms with Crippen molar-refractivity contribution in [3.63, 3.8) is 0 Å². The molecule has 1 aliphatic heterocycles. The quantitative estimate of drug-likeness (QED) is 0.575. The molecule has 1 fully saturated rings. The zero-order chi connectivity index (χ0) is 21.8. The van der Waals surface area contributed by atoms with Crippen molar-refractivity contribution in [1.29, 1.82) is 0 Å². The van der Waals surface area contributed by atoms with Crippen LogP contribution in [0.2, 0.25) is 0 Å². The van der Waals surface area contributed by atoms with Gasteiger partial charge in [0.2, 0.25) is 5.91 Å². The Balaban J connectivity index is 1.30. The van der Waals surface area contributed by atoms with Crippen molar-refractivity contribution >= 4 is 28.5 Å². The number of anilines is 1. The van der Waals surface area contributed by atoms with Crippen LogP contribution in [0.25, 0.3) is 10.9 Å². The highest BCUT2D eigenvalue weighted by molar-refractivity contribution is 5.90. The lowest BCUT2D eigenvalue weighted by Gasteiger charge is -2.33. The number of hydrogen-bond donors (Lipinski definition) is 3. The molecule has 162 valence electrons. The third-order valence-electron chi connectivity index (χ3n) is 6.09. The van der Waals surface area contributed by atoms with Crippen molar-refractivity contribution in [1.82, 2.24) is 15.2 Å². The van der Waals surface area contributed by atoms with Crippen molar-refractivity contribution < 1.29 is 9.59 Å². The molecular formula is C25H30N4O2. The zero-order valence-electron chi connectivity index (χ0n) is 18.2. The molecular weight excluding hydrogens is 388 g/mol. The maximum atomic E-state index is 13.0. The molecule has 1 saturated heterocycles. The molecule has 0 bridgehead atoms. The number of nitrogens with one attached hydrogen (secondary N) is 3. The number of amides is 3. The Morgan fingerprint density at radius 1 is 1.10 bits per heavy atom. The maximum absolute atomic E-state index is 13.0. The van der Waals surface area contributed by atoms with Gasteiger partial charge in [-0.05, 0) is 56.4 Å². The molecule has 4 rings (SSSR count). The zero-order valence-corrected chi connectivity index (χ0v) is 18.2. The molecule has 0 aliphatic carbocycles. The van der Waals surface area contributed by atoms with Gasteiger partial charge in [0.25, 0.3) is 0 Å². The highest BCUT2D eigenvalue weighted by Crippen LogP contribution is 2.24. The molecule has 0 saturated carbocycles. The van der Waals surface area contributed by atoms with Gasteiger partial charge in [-0.2, -0.15) is 0 Å². The van der Waals surface area contributed by atoms with E-state index in [0.29, 0.717) is 19.5 Å². The molecule has 1 aromatic heterocycles. The number of carbonyl (C=O) groups is 2. The summed E-state index contributed by atoms with van der Waals surface area (Å²) in [6.07, 6.45) is 2.38. The van der Waals surface area contributed by atoms with Gasteiger partial charge in [0.05, 0.1) is 6.42 Å². The molecule has 2 heterocycles. The minimum Gasteiger partial charge on any atom is -0.358 e. The van der Waals surface area contributed by atoms with E-state index in [4.69, 9.17) is 0 Å². The lowest BCUT2D eigenvalue weighted by molar-refractivity contribution is -0.132. The summed E-state index contributed by atoms with van der Waals surface area (Å²) in [5.41, 5.74) is 5.14. The number of hydrogen-bond acceptors (Lipinski definition) is 2. The number of H-pyrrole nitrogens is 1. The number of para-hydroxylation sites is 1. The Morgan fingerprint density at radius 3 is 2.68 bits per heavy atom. The highest BCUT2D eigenvalue weighted by atomic mass is 16.2. The topological polar surface area (TPSA) is 77.2 Å². The van der Waals surface area contributed by atoms with Crippen LogP contribution in [0.3, 0.4) is 0 Å². The van der Waals surface area contributed by atoms with Gasteiger partial charge in [0.1, 0.15) is 0 Å². The maximum Gasteiger partial charge on any atom is 0.319 e. The van der Waals surface area contributed by atoms with Crippen LogP contribution in [0.5, 0.6) is 0 Å². The van der Waals surface area contributed by atoms with E-state index in [0.717, 1.165) is 52.8 Å². The van der Waals surface area contributed by atoms with Crippen LogP contribution in [0.15, 0.2) is 48.5 Å². The summed E-state index contributed by atoms with van der Waals surface area (Å²) in [5, 5.41) is 6.94. The summed E-state index contributed by atoms with van der Waals surface area (Å²) < 4.78 is 0. The smallest absolute Gasteiger partial charge is 0.319 e. The van der Waals surface area contributed by atoms with Gasteiger partial charge in [0, 0.05) is 41.9 Å². The van der Waals surface area contributed by atoms with Crippen molar-refractivity contribution in [2.24, 2.45) is 5.92 Å². The van der Waals surface area contributed by atoms with Gasteiger partial charge < -0.3 is 20.5 Å². The van der Waals surface area contributed by atoms with E-state index in [1.54, 1.807) is 0 Å². The fourth-order valence-electron chi connectivity index (χ4n) is 4.33. The summed E-state index contributed by atoms with van der Waals surface area (Å²) in [6, 6.07) is 15.6. The Bertz CT molecular complexity index is 1070. The van der Waals surface area contributed by atoms with Crippen LogP contribution in [-0.2, 0) is 11.2 Å². The molecule has 3 amide bonds. The minimum atomic E-state index is -0.207. The second-order valence-corrected chi connectivity index (χ2v) is 8.50. The first-order valence-corrected chi connectivity index (χ1v) is 10.9. The highest BCUT2D eigenvalue weighted by Gasteiger charge is 2.25. The van der Waals surface area contributed by atoms with E-state index in [1.807, 2.05) is 61.2 Å². The summed E-state index contributed by atoms with van der Waals surface area (Å²) in [4.78, 5) is 30.6. The molecule has 0 radical (unpaired) electrons. The predicted molar refractivity (Wildman–Crippen MR) is 124 cm³/mol. The number of piperidine rings is 1. The van der Waals surface area contributed by atoms with Crippen LogP contribution in [-0.4, -0.2) is 41.5 Å². The molecule has 6 heteroatoms. The van der Waals surface area contributed by atoms with Crippen LogP contribution in [0.4, 0.5) is 10.5 Å². The van der Waals surface area contributed by atoms with Gasteiger partial charge in [0.15, 0.2) is 0 Å². The van der Waals surface area contributed by atoms with Gasteiger partial charge in [-0.3, -0.25) is 4.79 Å². The average molecular weight is 419 g/mol. The van der Waals surface area contributed by atoms with Gasteiger partial charge >= 0.3 is 6.03 Å². The normalized spacial score (nSPS) is 16.3. The van der Waals surface area contributed by atoms with Crippen molar-refractivity contribution in [2.75, 3.05) is 25.0 Å². The SMILES string of the molecule is Cc1ccc(NC(=O)NCC2CCCN(C(=O)Cc3c(C)[nH]c4ccccc34)C2)cc1. The standard InChI is InChI=1S/C25H30N4O2/c1-17-9-11-20(12-10-17)28-25(31)26-15-19-6-5-13-29(16-19)24(30)14-22-18(2)27-23-8-4-3-7-21(22)23/h3-4,7-12,19,27H,5-6,13-16H2,1-2H3,(H2,26,28,31). The monoisotopic (exact) mass is 418 g/mol. The molecule has 3 N–H and O–H groups in total. The van der Waals surface area contributed by atoms with Crippen molar-refractivity contribution in [3.8, 4) is 0 Å². The first-order chi connectivity index (χ1) is 15.0. The molecule has 1 atom stereocenters. The number of aromatic amines is 1. The molecule has 31 heavy (non-hydrogen) atoms. The van der Waals surface area contributed by atoms with Gasteiger partial charge in [-0.15, -0.1) is 0 Å². The fourth-order valence-corrected chi connectivity index (χ4v) is 4.33. The number of fused-ring (bicyclic) bond motifs is 1. The molecule has 3 aromatic rings. The third-order valence-corrected chi connectivity index (χ3v) is 6.09. The van der Waals surface area contributed by atoms with E-state index >= 15 is 0 Å². The van der Waals surface area contributed by atoms with E-state index in [9.17, 15) is 9.59 Å². The Labute approximate surface area is 183 Å². The number of carbonyl (C=O) groups excluding carboxylic acids is 2. The first-order valence-electron chi connectivity index (χ1n) is 10.9. The minimum absolute atomic E-state index is 0.154. The molecule has 0 spiro atoms. The Morgan fingerprint density at radius 2 is 1.87 bits per heavy atom. The van der Waals surface area contributed by atoms with Crippen LogP contribution >= 0.6 is 0 Å². The summed E-state index contributed by atoms with van der Waals surface area (Å²) in [7, 11) is 0. The van der Waals surface area contributed by atoms with Crippen molar-refractivity contribution in [2.45, 2.75) is 33.1 Å². The molecule has 2 aromatic carbocycles. The van der Waals surface area contributed by atoms with E-state index in [2.05, 4.69) is 21.7 Å². The Kier molecular flexibility index (Phi) is 6.26. The summed E-state index contributed by atoms with van der Waals surface area (Å²) >= 11 is 0. The van der Waals surface area contributed by atoms with Crippen molar-refractivity contribution in [3.05, 3.63) is 65.4 Å². The lowest BCUT2D eigenvalue weighted by Crippen LogP contribution is -2.44. The predicted octanol–water partition coefficient (Wildman–Crippen LogP) is 4.39. The first kappa shape index (κ1) is 21.0. The number of nitrogens with zero attached hydrogens (tertiary/aromatic N) is 1. The fraction of sp³-hybridized carbons (Fsp3) is 0.360. The number of rotatable bonds is 5. The number of aromatic nitrogens is 1. The molecule has 6 nitrogen and oxygen atoms in total. The van der Waals surface area contributed by atoms with Gasteiger partial charge in [-0.1, -0.05) is 35.9 Å². The molecule has 1 unspecified atom stereocenters. The Hall–Kier alpha value is -3.28. The lowest BCUT2D eigenvalue weighted by atomic mass is 9.97. The number of urea groups is 1. The van der Waals surface area contributed by atoms with Crippen LogP contribution < -0.4 is 10.6 Å². The third kappa shape index (κ3) is 5.08. The van der Waals surface area contributed by atoms with Crippen LogP contribution in [0.1, 0.15) is 29.7 Å². The summed E-state index contributed by atoms with van der Waals surface area (Å²) in [6.45, 7) is 6.07. The van der Waals surface area contributed by atoms with E-state index < -0.39 is 0 Å². The molecule has 1 aliphatic rings. The second-order valence-electron chi connectivity index (χ2n) is 8.50. The largest absolute Gasteiger partial charge is 0.358 e.